The Kier molecular flexibility index (Phi) is 5.26. The lowest BCUT2D eigenvalue weighted by atomic mass is 10.1. The van der Waals surface area contributed by atoms with Crippen LogP contribution in [0.4, 0.5) is 0 Å². The van der Waals surface area contributed by atoms with Crippen molar-refractivity contribution in [2.45, 2.75) is 18.7 Å². The van der Waals surface area contributed by atoms with Crippen molar-refractivity contribution >= 4 is 43.3 Å². The van der Waals surface area contributed by atoms with Gasteiger partial charge in [0.15, 0.2) is 0 Å². The fourth-order valence-corrected chi connectivity index (χ4v) is 3.41. The molecule has 22 heavy (non-hydrogen) atoms. The lowest BCUT2D eigenvalue weighted by Crippen LogP contribution is -2.20. The minimum Gasteiger partial charge on any atom is -0.200 e. The third kappa shape index (κ3) is 4.09. The Hall–Kier alpha value is -1.37. The molecule has 0 atom stereocenters. The first kappa shape index (κ1) is 17.0. The molecule has 0 aliphatic carbocycles. The third-order valence-electron chi connectivity index (χ3n) is 2.99. The van der Waals surface area contributed by atoms with E-state index >= 15 is 0 Å². The largest absolute Gasteiger partial charge is 0.276 e. The molecule has 1 N–H and O–H groups in total. The second-order valence-electron chi connectivity index (χ2n) is 4.73. The molecule has 0 aliphatic rings. The Morgan fingerprint density at radius 2 is 1.82 bits per heavy atom. The highest BCUT2D eigenvalue weighted by atomic mass is 79.9. The molecule has 2 aromatic carbocycles. The van der Waals surface area contributed by atoms with Gasteiger partial charge < -0.3 is 0 Å². The minimum atomic E-state index is -3.69. The quantitative estimate of drug-likeness (QED) is 0.619. The molecule has 0 spiro atoms. The highest BCUT2D eigenvalue weighted by molar-refractivity contribution is 9.10. The van der Waals surface area contributed by atoms with Gasteiger partial charge in [0.2, 0.25) is 0 Å². The zero-order valence-corrected chi connectivity index (χ0v) is 15.1. The topological polar surface area (TPSA) is 58.5 Å². The van der Waals surface area contributed by atoms with Gasteiger partial charge >= 0.3 is 0 Å². The van der Waals surface area contributed by atoms with E-state index in [1.807, 2.05) is 13.0 Å². The Morgan fingerprint density at radius 3 is 2.41 bits per heavy atom. The maximum atomic E-state index is 12.2. The van der Waals surface area contributed by atoms with Crippen molar-refractivity contribution in [1.82, 2.24) is 4.83 Å². The second-order valence-corrected chi connectivity index (χ2v) is 7.71. The molecular weight excluding hydrogens is 388 g/mol. The summed E-state index contributed by atoms with van der Waals surface area (Å²) in [7, 11) is -3.69. The summed E-state index contributed by atoms with van der Waals surface area (Å²) < 4.78 is 25.2. The number of benzene rings is 2. The fraction of sp³-hybridized carbons (Fsp3) is 0.133. The van der Waals surface area contributed by atoms with Crippen molar-refractivity contribution in [3.63, 3.8) is 0 Å². The van der Waals surface area contributed by atoms with Crippen LogP contribution in [0.3, 0.4) is 0 Å². The normalized spacial score (nSPS) is 12.3. The van der Waals surface area contributed by atoms with Crippen LogP contribution in [-0.4, -0.2) is 14.1 Å². The lowest BCUT2D eigenvalue weighted by molar-refractivity contribution is 0.584. The number of aryl methyl sites for hydroxylation is 1. The molecule has 0 heterocycles. The summed E-state index contributed by atoms with van der Waals surface area (Å²) in [6.45, 7) is 3.58. The minimum absolute atomic E-state index is 0.163. The van der Waals surface area contributed by atoms with Crippen molar-refractivity contribution in [1.29, 1.82) is 0 Å². The Balaban J connectivity index is 2.24. The van der Waals surface area contributed by atoms with E-state index in [4.69, 9.17) is 11.6 Å². The first-order valence-electron chi connectivity index (χ1n) is 6.38. The maximum absolute atomic E-state index is 12.2. The Bertz CT molecular complexity index is 818. The number of sulfonamides is 1. The Labute approximate surface area is 143 Å². The molecule has 0 radical (unpaired) electrons. The van der Waals surface area contributed by atoms with Crippen LogP contribution in [0.1, 0.15) is 18.1 Å². The van der Waals surface area contributed by atoms with E-state index in [1.54, 1.807) is 31.2 Å². The highest BCUT2D eigenvalue weighted by Gasteiger charge is 2.13. The van der Waals surface area contributed by atoms with Crippen LogP contribution in [0.2, 0.25) is 5.02 Å². The molecule has 0 saturated carbocycles. The number of halogens is 2. The van der Waals surface area contributed by atoms with E-state index in [0.717, 1.165) is 10.0 Å². The molecule has 4 nitrogen and oxygen atoms in total. The summed E-state index contributed by atoms with van der Waals surface area (Å²) in [5.41, 5.74) is 2.13. The molecule has 2 rings (SSSR count). The number of hydrogen-bond acceptors (Lipinski definition) is 3. The van der Waals surface area contributed by atoms with Gasteiger partial charge in [-0.1, -0.05) is 51.3 Å². The van der Waals surface area contributed by atoms with Crippen LogP contribution in [-0.2, 0) is 10.0 Å². The van der Waals surface area contributed by atoms with E-state index in [2.05, 4.69) is 25.9 Å². The van der Waals surface area contributed by atoms with Gasteiger partial charge in [0.05, 0.1) is 15.6 Å². The highest BCUT2D eigenvalue weighted by Crippen LogP contribution is 2.22. The number of rotatable bonds is 4. The number of hydrogen-bond donors (Lipinski definition) is 1. The maximum Gasteiger partial charge on any atom is 0.276 e. The number of nitrogens with one attached hydrogen (secondary N) is 1. The van der Waals surface area contributed by atoms with E-state index in [-0.39, 0.29) is 4.90 Å². The molecule has 0 aliphatic heterocycles. The predicted molar refractivity (Wildman–Crippen MR) is 92.9 cm³/mol. The van der Waals surface area contributed by atoms with Crippen molar-refractivity contribution < 1.29 is 8.42 Å². The van der Waals surface area contributed by atoms with Crippen LogP contribution < -0.4 is 4.83 Å². The molecule has 2 aromatic rings. The summed E-state index contributed by atoms with van der Waals surface area (Å²) in [6, 6.07) is 11.8. The zero-order valence-electron chi connectivity index (χ0n) is 12.0. The first-order valence-corrected chi connectivity index (χ1v) is 9.03. The third-order valence-corrected chi connectivity index (χ3v) is 5.02. The average Bonchev–Trinajstić information content (AvgIpc) is 2.45. The SMILES string of the molecule is C/C(=N/NS(=O)(=O)c1ccc(C)cc1)c1ccc(Br)cc1Cl. The molecule has 116 valence electrons. The first-order chi connectivity index (χ1) is 10.3. The summed E-state index contributed by atoms with van der Waals surface area (Å²) in [6.07, 6.45) is 0. The second kappa shape index (κ2) is 6.81. The molecule has 0 unspecified atom stereocenters. The monoisotopic (exact) mass is 400 g/mol. The van der Waals surface area contributed by atoms with Crippen molar-refractivity contribution in [3.8, 4) is 0 Å². The van der Waals surface area contributed by atoms with Crippen molar-refractivity contribution in [2.24, 2.45) is 5.10 Å². The van der Waals surface area contributed by atoms with Gasteiger partial charge in [-0.15, -0.1) is 0 Å². The molecule has 0 saturated heterocycles. The van der Waals surface area contributed by atoms with Gasteiger partial charge in [-0.25, -0.2) is 0 Å². The van der Waals surface area contributed by atoms with Crippen molar-refractivity contribution in [3.05, 3.63) is 63.1 Å². The van der Waals surface area contributed by atoms with Crippen LogP contribution >= 0.6 is 27.5 Å². The smallest absolute Gasteiger partial charge is 0.200 e. The van der Waals surface area contributed by atoms with Gasteiger partial charge in [0, 0.05) is 10.0 Å². The fourth-order valence-electron chi connectivity index (χ4n) is 1.74. The zero-order chi connectivity index (χ0) is 16.3. The van der Waals surface area contributed by atoms with Crippen LogP contribution in [0.15, 0.2) is 56.9 Å². The molecule has 0 fully saturated rings. The van der Waals surface area contributed by atoms with Gasteiger partial charge in [0.1, 0.15) is 0 Å². The summed E-state index contributed by atoms with van der Waals surface area (Å²) in [4.78, 5) is 2.39. The van der Waals surface area contributed by atoms with Gasteiger partial charge in [-0.05, 0) is 38.1 Å². The van der Waals surface area contributed by atoms with E-state index in [9.17, 15) is 8.42 Å². The van der Waals surface area contributed by atoms with E-state index in [0.29, 0.717) is 16.3 Å². The standard InChI is InChI=1S/C15H14BrClN2O2S/c1-10-3-6-13(7-4-10)22(20,21)19-18-11(2)14-8-5-12(16)9-15(14)17/h3-9,19H,1-2H3/b18-11-. The van der Waals surface area contributed by atoms with Crippen LogP contribution in [0.25, 0.3) is 0 Å². The molecule has 0 amide bonds. The summed E-state index contributed by atoms with van der Waals surface area (Å²) >= 11 is 9.44. The van der Waals surface area contributed by atoms with Gasteiger partial charge in [-0.3, -0.25) is 0 Å². The van der Waals surface area contributed by atoms with Gasteiger partial charge in [0.25, 0.3) is 10.0 Å². The lowest BCUT2D eigenvalue weighted by Gasteiger charge is -2.07. The van der Waals surface area contributed by atoms with Crippen LogP contribution in [0.5, 0.6) is 0 Å². The molecule has 0 aromatic heterocycles. The summed E-state index contributed by atoms with van der Waals surface area (Å²) in [5, 5.41) is 4.43. The van der Waals surface area contributed by atoms with Crippen molar-refractivity contribution in [2.75, 3.05) is 0 Å². The van der Waals surface area contributed by atoms with Crippen LogP contribution in [0, 0.1) is 6.92 Å². The Morgan fingerprint density at radius 1 is 1.18 bits per heavy atom. The van der Waals surface area contributed by atoms with E-state index < -0.39 is 10.0 Å². The average molecular weight is 402 g/mol. The number of nitrogens with zero attached hydrogens (tertiary/aromatic N) is 1. The molecular formula is C15H14BrClN2O2S. The van der Waals surface area contributed by atoms with Gasteiger partial charge in [-0.2, -0.15) is 18.4 Å². The predicted octanol–water partition coefficient (Wildman–Crippen LogP) is 4.11. The summed E-state index contributed by atoms with van der Waals surface area (Å²) in [5.74, 6) is 0. The molecule has 7 heteroatoms. The number of hydrazone groups is 1. The van der Waals surface area contributed by atoms with E-state index in [1.165, 1.54) is 12.1 Å². The molecule has 0 bridgehead atoms.